The van der Waals surface area contributed by atoms with Crippen LogP contribution in [0, 0.1) is 0 Å². The lowest BCUT2D eigenvalue weighted by molar-refractivity contribution is -0.121. The molecule has 2 aromatic carbocycles. The molecule has 27 heavy (non-hydrogen) atoms. The van der Waals surface area contributed by atoms with Gasteiger partial charge < -0.3 is 4.74 Å². The number of anilines is 1. The standard InChI is InChI=1S/C19H20N2O5S/c1-12(2)26-15-7-3-13(4-8-15)17-11-18(22)21(19(17)23)14-5-9-16(10-6-14)27(20,24)25/h3-10,12,17H,11H2,1-2H3,(H2,20,24,25). The Morgan fingerprint density at radius 2 is 1.63 bits per heavy atom. The van der Waals surface area contributed by atoms with Crippen molar-refractivity contribution in [2.24, 2.45) is 5.14 Å². The number of ether oxygens (including phenoxy) is 1. The van der Waals surface area contributed by atoms with Gasteiger partial charge in [0.05, 0.1) is 22.6 Å². The molecule has 0 saturated carbocycles. The van der Waals surface area contributed by atoms with E-state index in [1.54, 1.807) is 24.3 Å². The van der Waals surface area contributed by atoms with Crippen LogP contribution in [0.2, 0.25) is 0 Å². The van der Waals surface area contributed by atoms with Gasteiger partial charge in [0.15, 0.2) is 0 Å². The Kier molecular flexibility index (Phi) is 5.03. The topological polar surface area (TPSA) is 107 Å². The Balaban J connectivity index is 1.82. The van der Waals surface area contributed by atoms with Crippen molar-refractivity contribution in [2.75, 3.05) is 4.90 Å². The molecule has 3 rings (SSSR count). The number of hydrogen-bond donors (Lipinski definition) is 1. The second-order valence-electron chi connectivity index (χ2n) is 6.60. The van der Waals surface area contributed by atoms with E-state index in [2.05, 4.69) is 0 Å². The minimum Gasteiger partial charge on any atom is -0.491 e. The molecule has 1 aliphatic heterocycles. The zero-order valence-electron chi connectivity index (χ0n) is 15.0. The molecule has 8 heteroatoms. The normalized spacial score (nSPS) is 17.6. The van der Waals surface area contributed by atoms with Gasteiger partial charge in [-0.1, -0.05) is 12.1 Å². The predicted octanol–water partition coefficient (Wildman–Crippen LogP) is 2.17. The summed E-state index contributed by atoms with van der Waals surface area (Å²) in [6, 6.07) is 12.5. The first-order chi connectivity index (χ1) is 12.7. The van der Waals surface area contributed by atoms with E-state index in [0.717, 1.165) is 10.5 Å². The minimum atomic E-state index is -3.84. The first-order valence-electron chi connectivity index (χ1n) is 8.43. The highest BCUT2D eigenvalue weighted by Gasteiger charge is 2.40. The monoisotopic (exact) mass is 388 g/mol. The third-order valence-corrected chi connectivity index (χ3v) is 5.15. The molecule has 0 spiro atoms. The van der Waals surface area contributed by atoms with Crippen molar-refractivity contribution in [2.45, 2.75) is 37.2 Å². The number of rotatable bonds is 5. The van der Waals surface area contributed by atoms with Gasteiger partial charge in [0.2, 0.25) is 21.8 Å². The van der Waals surface area contributed by atoms with Gasteiger partial charge >= 0.3 is 0 Å². The lowest BCUT2D eigenvalue weighted by Crippen LogP contribution is -2.30. The van der Waals surface area contributed by atoms with Gasteiger partial charge in [0, 0.05) is 6.42 Å². The van der Waals surface area contributed by atoms with Gasteiger partial charge in [0.1, 0.15) is 5.75 Å². The second-order valence-corrected chi connectivity index (χ2v) is 8.16. The molecule has 1 fully saturated rings. The van der Waals surface area contributed by atoms with E-state index in [-0.39, 0.29) is 29.2 Å². The molecular formula is C19H20N2O5S. The molecule has 0 aromatic heterocycles. The summed E-state index contributed by atoms with van der Waals surface area (Å²) < 4.78 is 28.3. The summed E-state index contributed by atoms with van der Waals surface area (Å²) in [6.45, 7) is 3.85. The third kappa shape index (κ3) is 4.01. The number of nitrogens with zero attached hydrogens (tertiary/aromatic N) is 1. The molecule has 1 atom stereocenters. The number of carbonyl (C=O) groups is 2. The van der Waals surface area contributed by atoms with Crippen molar-refractivity contribution in [1.29, 1.82) is 0 Å². The van der Waals surface area contributed by atoms with Crippen LogP contribution >= 0.6 is 0 Å². The Bertz CT molecular complexity index is 966. The average molecular weight is 388 g/mol. The van der Waals surface area contributed by atoms with E-state index in [1.807, 2.05) is 13.8 Å². The van der Waals surface area contributed by atoms with Crippen LogP contribution in [0.3, 0.4) is 0 Å². The molecule has 0 radical (unpaired) electrons. The summed E-state index contributed by atoms with van der Waals surface area (Å²) in [5, 5.41) is 5.07. The lowest BCUT2D eigenvalue weighted by atomic mass is 9.97. The summed E-state index contributed by atoms with van der Waals surface area (Å²) in [5.41, 5.74) is 1.05. The van der Waals surface area contributed by atoms with E-state index in [4.69, 9.17) is 9.88 Å². The van der Waals surface area contributed by atoms with E-state index in [9.17, 15) is 18.0 Å². The third-order valence-electron chi connectivity index (χ3n) is 4.22. The van der Waals surface area contributed by atoms with Gasteiger partial charge in [0.25, 0.3) is 0 Å². The molecular weight excluding hydrogens is 368 g/mol. The van der Waals surface area contributed by atoms with Gasteiger partial charge in [-0.05, 0) is 55.8 Å². The van der Waals surface area contributed by atoms with E-state index in [1.165, 1.54) is 24.3 Å². The van der Waals surface area contributed by atoms with Gasteiger partial charge in [-0.15, -0.1) is 0 Å². The Morgan fingerprint density at radius 1 is 1.04 bits per heavy atom. The van der Waals surface area contributed by atoms with Gasteiger partial charge in [-0.3, -0.25) is 14.5 Å². The number of imide groups is 1. The van der Waals surface area contributed by atoms with Crippen LogP contribution in [0.15, 0.2) is 53.4 Å². The molecule has 1 unspecified atom stereocenters. The summed E-state index contributed by atoms with van der Waals surface area (Å²) >= 11 is 0. The Morgan fingerprint density at radius 3 is 2.15 bits per heavy atom. The van der Waals surface area contributed by atoms with Crippen LogP contribution in [-0.2, 0) is 19.6 Å². The maximum absolute atomic E-state index is 12.8. The minimum absolute atomic E-state index is 0.0429. The largest absolute Gasteiger partial charge is 0.491 e. The van der Waals surface area contributed by atoms with Crippen molar-refractivity contribution in [1.82, 2.24) is 0 Å². The molecule has 1 heterocycles. The Labute approximate surface area is 157 Å². The molecule has 7 nitrogen and oxygen atoms in total. The summed E-state index contributed by atoms with van der Waals surface area (Å²) in [6.07, 6.45) is 0.0986. The van der Waals surface area contributed by atoms with E-state index in [0.29, 0.717) is 11.4 Å². The fraction of sp³-hybridized carbons (Fsp3) is 0.263. The van der Waals surface area contributed by atoms with Crippen molar-refractivity contribution in [3.63, 3.8) is 0 Å². The average Bonchev–Trinajstić information content (AvgIpc) is 2.89. The lowest BCUT2D eigenvalue weighted by Gasteiger charge is -2.16. The van der Waals surface area contributed by atoms with Crippen LogP contribution in [0.1, 0.15) is 31.7 Å². The van der Waals surface area contributed by atoms with Gasteiger partial charge in [-0.2, -0.15) is 0 Å². The highest BCUT2D eigenvalue weighted by molar-refractivity contribution is 7.89. The van der Waals surface area contributed by atoms with Crippen LogP contribution < -0.4 is 14.8 Å². The highest BCUT2D eigenvalue weighted by Crippen LogP contribution is 2.34. The first kappa shape index (κ1) is 19.1. The zero-order valence-corrected chi connectivity index (χ0v) is 15.8. The molecule has 2 amide bonds. The molecule has 142 valence electrons. The number of sulfonamides is 1. The molecule has 1 saturated heterocycles. The molecule has 0 aliphatic carbocycles. The number of primary sulfonamides is 1. The maximum Gasteiger partial charge on any atom is 0.241 e. The van der Waals surface area contributed by atoms with Crippen LogP contribution in [-0.4, -0.2) is 26.3 Å². The number of carbonyl (C=O) groups excluding carboxylic acids is 2. The van der Waals surface area contributed by atoms with E-state index < -0.39 is 15.9 Å². The summed E-state index contributed by atoms with van der Waals surface area (Å²) in [4.78, 5) is 26.2. The number of amides is 2. The Hall–Kier alpha value is -2.71. The molecule has 0 bridgehead atoms. The molecule has 2 aromatic rings. The summed E-state index contributed by atoms with van der Waals surface area (Å²) in [5.74, 6) is -0.568. The fourth-order valence-electron chi connectivity index (χ4n) is 3.00. The van der Waals surface area contributed by atoms with Crippen LogP contribution in [0.5, 0.6) is 5.75 Å². The van der Waals surface area contributed by atoms with Crippen molar-refractivity contribution in [3.8, 4) is 5.75 Å². The zero-order chi connectivity index (χ0) is 19.8. The van der Waals surface area contributed by atoms with Crippen molar-refractivity contribution < 1.29 is 22.7 Å². The van der Waals surface area contributed by atoms with Crippen molar-refractivity contribution in [3.05, 3.63) is 54.1 Å². The second kappa shape index (κ2) is 7.13. The molecule has 2 N–H and O–H groups in total. The van der Waals surface area contributed by atoms with E-state index >= 15 is 0 Å². The number of benzene rings is 2. The maximum atomic E-state index is 12.8. The van der Waals surface area contributed by atoms with Crippen LogP contribution in [0.4, 0.5) is 5.69 Å². The highest BCUT2D eigenvalue weighted by atomic mass is 32.2. The smallest absolute Gasteiger partial charge is 0.241 e. The predicted molar refractivity (Wildman–Crippen MR) is 99.9 cm³/mol. The number of nitrogens with two attached hydrogens (primary N) is 1. The first-order valence-corrected chi connectivity index (χ1v) is 9.97. The van der Waals surface area contributed by atoms with Crippen molar-refractivity contribution >= 4 is 27.5 Å². The molecule has 1 aliphatic rings. The fourth-order valence-corrected chi connectivity index (χ4v) is 3.51. The van der Waals surface area contributed by atoms with Gasteiger partial charge in [-0.25, -0.2) is 13.6 Å². The summed E-state index contributed by atoms with van der Waals surface area (Å²) in [7, 11) is -3.84. The SMILES string of the molecule is CC(C)Oc1ccc(C2CC(=O)N(c3ccc(S(N)(=O)=O)cc3)C2=O)cc1. The number of hydrogen-bond acceptors (Lipinski definition) is 5. The quantitative estimate of drug-likeness (QED) is 0.790. The van der Waals surface area contributed by atoms with Crippen LogP contribution in [0.25, 0.3) is 0 Å².